The van der Waals surface area contributed by atoms with E-state index in [2.05, 4.69) is 9.97 Å². The smallest absolute Gasteiger partial charge is 0.208 e. The summed E-state index contributed by atoms with van der Waals surface area (Å²) in [5, 5.41) is 0. The predicted octanol–water partition coefficient (Wildman–Crippen LogP) is 1.55. The van der Waals surface area contributed by atoms with Gasteiger partial charge in [-0.1, -0.05) is 6.92 Å². The third-order valence-corrected chi connectivity index (χ3v) is 2.55. The van der Waals surface area contributed by atoms with E-state index in [9.17, 15) is 4.79 Å². The van der Waals surface area contributed by atoms with E-state index in [0.29, 0.717) is 5.52 Å². The van der Waals surface area contributed by atoms with Crippen molar-refractivity contribution in [2.75, 3.05) is 19.0 Å². The van der Waals surface area contributed by atoms with Crippen LogP contribution in [0.25, 0.3) is 11.0 Å². The molecule has 4 nitrogen and oxygen atoms in total. The summed E-state index contributed by atoms with van der Waals surface area (Å²) in [6.45, 7) is 2.01. The van der Waals surface area contributed by atoms with E-state index in [4.69, 9.17) is 0 Å². The zero-order chi connectivity index (χ0) is 11.7. The van der Waals surface area contributed by atoms with Crippen LogP contribution in [0.15, 0.2) is 23.0 Å². The summed E-state index contributed by atoms with van der Waals surface area (Å²) in [4.78, 5) is 21.2. The fourth-order valence-electron chi connectivity index (χ4n) is 1.61. The van der Waals surface area contributed by atoms with Crippen LogP contribution >= 0.6 is 0 Å². The van der Waals surface area contributed by atoms with Crippen LogP contribution in [0.1, 0.15) is 12.6 Å². The molecule has 2 aromatic heterocycles. The molecule has 0 aromatic carbocycles. The van der Waals surface area contributed by atoms with Crippen molar-refractivity contribution in [3.05, 3.63) is 34.1 Å². The minimum atomic E-state index is -0.0192. The maximum absolute atomic E-state index is 11.8. The van der Waals surface area contributed by atoms with Gasteiger partial charge in [-0.05, 0) is 18.6 Å². The Balaban J connectivity index is 2.71. The van der Waals surface area contributed by atoms with Crippen LogP contribution in [0.2, 0.25) is 0 Å². The first kappa shape index (κ1) is 10.7. The lowest BCUT2D eigenvalue weighted by molar-refractivity contribution is 1.04. The second-order valence-corrected chi connectivity index (χ2v) is 3.97. The third kappa shape index (κ3) is 1.78. The van der Waals surface area contributed by atoms with Crippen LogP contribution in [0.4, 0.5) is 5.82 Å². The largest absolute Gasteiger partial charge is 0.363 e. The lowest BCUT2D eigenvalue weighted by Gasteiger charge is -2.11. The topological polar surface area (TPSA) is 49.0 Å². The number of rotatable bonds is 2. The van der Waals surface area contributed by atoms with Crippen molar-refractivity contribution in [1.29, 1.82) is 0 Å². The maximum atomic E-state index is 11.8. The van der Waals surface area contributed by atoms with Gasteiger partial charge in [0.05, 0.1) is 5.52 Å². The van der Waals surface area contributed by atoms with Gasteiger partial charge >= 0.3 is 0 Å². The molecule has 2 heterocycles. The average molecular weight is 217 g/mol. The van der Waals surface area contributed by atoms with Crippen molar-refractivity contribution in [2.45, 2.75) is 13.3 Å². The Bertz CT molecular complexity index is 572. The molecule has 0 atom stereocenters. The number of hydrogen-bond donors (Lipinski definition) is 1. The van der Waals surface area contributed by atoms with Crippen molar-refractivity contribution in [2.24, 2.45) is 0 Å². The minimum absolute atomic E-state index is 0.0192. The molecule has 0 radical (unpaired) electrons. The number of nitrogens with one attached hydrogen (secondary N) is 1. The van der Waals surface area contributed by atoms with E-state index in [0.717, 1.165) is 23.4 Å². The quantitative estimate of drug-likeness (QED) is 0.830. The van der Waals surface area contributed by atoms with E-state index < -0.39 is 0 Å². The number of aromatic nitrogens is 2. The van der Waals surface area contributed by atoms with Gasteiger partial charge in [0, 0.05) is 25.9 Å². The van der Waals surface area contributed by atoms with Crippen molar-refractivity contribution in [3.63, 3.8) is 0 Å². The SMILES string of the molecule is CCc1cc(=O)c2nc(N(C)C)ccc2[nH]1. The molecule has 4 heteroatoms. The van der Waals surface area contributed by atoms with Crippen LogP contribution in [0.3, 0.4) is 0 Å². The Labute approximate surface area is 93.9 Å². The van der Waals surface area contributed by atoms with Gasteiger partial charge in [0.1, 0.15) is 11.3 Å². The van der Waals surface area contributed by atoms with Gasteiger partial charge in [-0.15, -0.1) is 0 Å². The molecule has 0 amide bonds. The Kier molecular flexibility index (Phi) is 2.64. The lowest BCUT2D eigenvalue weighted by Crippen LogP contribution is -2.13. The number of H-pyrrole nitrogens is 1. The standard InChI is InChI=1S/C12H15N3O/c1-4-8-7-10(16)12-9(13-8)5-6-11(14-12)15(2)3/h5-7H,4H2,1-3H3,(H,13,16). The molecule has 84 valence electrons. The molecule has 0 spiro atoms. The van der Waals surface area contributed by atoms with Gasteiger partial charge in [0.15, 0.2) is 0 Å². The van der Waals surface area contributed by atoms with Gasteiger partial charge in [-0.3, -0.25) is 4.79 Å². The summed E-state index contributed by atoms with van der Waals surface area (Å²) in [5.74, 6) is 0.794. The summed E-state index contributed by atoms with van der Waals surface area (Å²) in [7, 11) is 3.81. The molecule has 0 bridgehead atoms. The Morgan fingerprint density at radius 1 is 1.38 bits per heavy atom. The molecule has 0 saturated carbocycles. The molecule has 1 N–H and O–H groups in total. The fourth-order valence-corrected chi connectivity index (χ4v) is 1.61. The lowest BCUT2D eigenvalue weighted by atomic mass is 10.2. The van der Waals surface area contributed by atoms with E-state index in [1.165, 1.54) is 0 Å². The van der Waals surface area contributed by atoms with Crippen LogP contribution in [0.5, 0.6) is 0 Å². The van der Waals surface area contributed by atoms with Gasteiger partial charge in [0.2, 0.25) is 5.43 Å². The number of hydrogen-bond acceptors (Lipinski definition) is 3. The number of aryl methyl sites for hydroxylation is 1. The molecular formula is C12H15N3O. The highest BCUT2D eigenvalue weighted by Gasteiger charge is 2.04. The highest BCUT2D eigenvalue weighted by atomic mass is 16.1. The fraction of sp³-hybridized carbons (Fsp3) is 0.333. The molecule has 0 aliphatic heterocycles. The zero-order valence-corrected chi connectivity index (χ0v) is 9.74. The minimum Gasteiger partial charge on any atom is -0.363 e. The number of anilines is 1. The molecule has 0 aliphatic rings. The summed E-state index contributed by atoms with van der Waals surface area (Å²) in [5.41, 5.74) is 2.23. The van der Waals surface area contributed by atoms with Crippen LogP contribution in [-0.2, 0) is 6.42 Å². The number of pyridine rings is 2. The highest BCUT2D eigenvalue weighted by molar-refractivity contribution is 5.76. The summed E-state index contributed by atoms with van der Waals surface area (Å²) >= 11 is 0. The van der Waals surface area contributed by atoms with Crippen LogP contribution in [-0.4, -0.2) is 24.1 Å². The molecule has 16 heavy (non-hydrogen) atoms. The van der Waals surface area contributed by atoms with Crippen molar-refractivity contribution < 1.29 is 0 Å². The van der Waals surface area contributed by atoms with Crippen molar-refractivity contribution in [1.82, 2.24) is 9.97 Å². The summed E-state index contributed by atoms with van der Waals surface area (Å²) in [6.07, 6.45) is 0.820. The molecular weight excluding hydrogens is 202 g/mol. The number of nitrogens with zero attached hydrogens (tertiary/aromatic N) is 2. The number of fused-ring (bicyclic) bond motifs is 1. The van der Waals surface area contributed by atoms with E-state index >= 15 is 0 Å². The average Bonchev–Trinajstić information content (AvgIpc) is 2.28. The first-order valence-electron chi connectivity index (χ1n) is 5.32. The summed E-state index contributed by atoms with van der Waals surface area (Å²) in [6, 6.07) is 5.42. The van der Waals surface area contributed by atoms with Gasteiger partial charge in [-0.2, -0.15) is 0 Å². The second kappa shape index (κ2) is 3.96. The first-order chi connectivity index (χ1) is 7.61. The van der Waals surface area contributed by atoms with Gasteiger partial charge in [0.25, 0.3) is 0 Å². The molecule has 0 aliphatic carbocycles. The number of aromatic amines is 1. The van der Waals surface area contributed by atoms with Gasteiger partial charge < -0.3 is 9.88 Å². The predicted molar refractivity (Wildman–Crippen MR) is 66.1 cm³/mol. The van der Waals surface area contributed by atoms with Crippen LogP contribution < -0.4 is 10.3 Å². The normalized spacial score (nSPS) is 10.7. The Morgan fingerprint density at radius 3 is 2.75 bits per heavy atom. The van der Waals surface area contributed by atoms with Crippen molar-refractivity contribution in [3.8, 4) is 0 Å². The molecule has 0 fully saturated rings. The van der Waals surface area contributed by atoms with E-state index in [1.54, 1.807) is 6.07 Å². The Morgan fingerprint density at radius 2 is 2.12 bits per heavy atom. The second-order valence-electron chi connectivity index (χ2n) is 3.97. The van der Waals surface area contributed by atoms with E-state index in [-0.39, 0.29) is 5.43 Å². The highest BCUT2D eigenvalue weighted by Crippen LogP contribution is 2.12. The van der Waals surface area contributed by atoms with Crippen molar-refractivity contribution >= 4 is 16.9 Å². The summed E-state index contributed by atoms with van der Waals surface area (Å²) < 4.78 is 0. The molecule has 2 aromatic rings. The Hall–Kier alpha value is -1.84. The molecule has 0 unspecified atom stereocenters. The first-order valence-corrected chi connectivity index (χ1v) is 5.32. The van der Waals surface area contributed by atoms with E-state index in [1.807, 2.05) is 38.1 Å². The maximum Gasteiger partial charge on any atom is 0.208 e. The molecule has 2 rings (SSSR count). The molecule has 0 saturated heterocycles. The zero-order valence-electron chi connectivity index (χ0n) is 9.74. The van der Waals surface area contributed by atoms with Crippen LogP contribution in [0, 0.1) is 0 Å². The van der Waals surface area contributed by atoms with Gasteiger partial charge in [-0.25, -0.2) is 4.98 Å². The monoisotopic (exact) mass is 217 g/mol. The third-order valence-electron chi connectivity index (χ3n) is 2.55.